The lowest BCUT2D eigenvalue weighted by Gasteiger charge is -2.69. The highest BCUT2D eigenvalue weighted by molar-refractivity contribution is 7.91. The maximum Gasteiger partial charge on any atom is 0.287 e. The zero-order valence-corrected chi connectivity index (χ0v) is 19.8. The maximum atomic E-state index is 12.8. The molecule has 1 aromatic carbocycles. The van der Waals surface area contributed by atoms with Crippen molar-refractivity contribution in [1.82, 2.24) is 20.3 Å². The molecule has 2 aromatic heterocycles. The van der Waals surface area contributed by atoms with Gasteiger partial charge in [-0.25, -0.2) is 8.42 Å². The van der Waals surface area contributed by atoms with Gasteiger partial charge in [0.1, 0.15) is 10.5 Å². The third kappa shape index (κ3) is 3.01. The Hall–Kier alpha value is -2.65. The van der Waals surface area contributed by atoms with Gasteiger partial charge in [-0.3, -0.25) is 4.79 Å². The number of carbonyl (C=O) groups excluding carboxylic acids is 1. The summed E-state index contributed by atoms with van der Waals surface area (Å²) in [4.78, 5) is 14.4. The first kappa shape index (κ1) is 20.9. The highest BCUT2D eigenvalue weighted by atomic mass is 35.5. The highest BCUT2D eigenvalue weighted by Gasteiger charge is 2.71. The first-order valence-electron chi connectivity index (χ1n) is 10.9. The number of hydrogen-bond acceptors (Lipinski definition) is 6. The van der Waals surface area contributed by atoms with Crippen LogP contribution in [0, 0.1) is 6.92 Å². The molecule has 1 amide bonds. The molecule has 4 saturated carbocycles. The van der Waals surface area contributed by atoms with Crippen LogP contribution < -0.4 is 5.32 Å². The minimum atomic E-state index is -3.29. The predicted octanol–water partition coefficient (Wildman–Crippen LogP) is 3.46. The van der Waals surface area contributed by atoms with Crippen LogP contribution in [0.2, 0.25) is 5.02 Å². The van der Waals surface area contributed by atoms with Gasteiger partial charge in [0.25, 0.3) is 5.91 Å². The van der Waals surface area contributed by atoms with Crippen molar-refractivity contribution in [2.24, 2.45) is 0 Å². The lowest BCUT2D eigenvalue weighted by atomic mass is 9.38. The molecule has 2 heterocycles. The molecule has 4 fully saturated rings. The Kier molecular flexibility index (Phi) is 4.11. The van der Waals surface area contributed by atoms with Crippen LogP contribution in [-0.4, -0.2) is 41.1 Å². The normalized spacial score (nSPS) is 26.9. The van der Waals surface area contributed by atoms with E-state index in [2.05, 4.69) is 10.4 Å². The van der Waals surface area contributed by atoms with Crippen LogP contribution in [0.15, 0.2) is 40.8 Å². The Balaban J connectivity index is 1.14. The van der Waals surface area contributed by atoms with Crippen LogP contribution in [0.5, 0.6) is 0 Å². The van der Waals surface area contributed by atoms with Gasteiger partial charge in [-0.2, -0.15) is 15.0 Å². The van der Waals surface area contributed by atoms with Gasteiger partial charge in [0.15, 0.2) is 15.6 Å². The average molecular weight is 487 g/mol. The second-order valence-electron chi connectivity index (χ2n) is 9.88. The van der Waals surface area contributed by atoms with Crippen molar-refractivity contribution in [2.45, 2.75) is 54.7 Å². The SMILES string of the molecule is Cc1nn(-c2ccc(Cl)cc2)nc1C12CC(NC(=O)c3ccc(C4(S(C)(=O)=O)CC4)o3)(C1)C2. The first-order chi connectivity index (χ1) is 15.5. The molecule has 0 saturated heterocycles. The van der Waals surface area contributed by atoms with Gasteiger partial charge < -0.3 is 9.73 Å². The monoisotopic (exact) mass is 486 g/mol. The summed E-state index contributed by atoms with van der Waals surface area (Å²) in [6.45, 7) is 1.96. The molecule has 33 heavy (non-hydrogen) atoms. The van der Waals surface area contributed by atoms with Crippen molar-refractivity contribution in [2.75, 3.05) is 6.26 Å². The number of halogens is 1. The second-order valence-corrected chi connectivity index (χ2v) is 12.6. The van der Waals surface area contributed by atoms with Crippen molar-refractivity contribution >= 4 is 27.3 Å². The summed E-state index contributed by atoms with van der Waals surface area (Å²) in [5.74, 6) is 0.211. The predicted molar refractivity (Wildman–Crippen MR) is 121 cm³/mol. The standard InChI is InChI=1S/C23H23ClN4O4S/c1-14-19(27-28(26-14)16-5-3-15(24)4-6-16)21-11-22(12-21,13-21)25-20(29)17-7-8-18(32-17)23(9-10-23)33(2,30)31/h3-8H,9-13H2,1-2H3,(H,25,29). The summed E-state index contributed by atoms with van der Waals surface area (Å²) in [6, 6.07) is 10.6. The van der Waals surface area contributed by atoms with E-state index in [0.29, 0.717) is 23.6 Å². The number of benzene rings is 1. The molecule has 7 rings (SSSR count). The summed E-state index contributed by atoms with van der Waals surface area (Å²) >= 11 is 5.98. The molecule has 0 atom stereocenters. The van der Waals surface area contributed by atoms with E-state index in [9.17, 15) is 13.2 Å². The van der Waals surface area contributed by atoms with Crippen molar-refractivity contribution in [3.05, 3.63) is 64.3 Å². The fourth-order valence-corrected chi connectivity index (χ4v) is 7.10. The van der Waals surface area contributed by atoms with Crippen LogP contribution >= 0.6 is 11.6 Å². The van der Waals surface area contributed by atoms with Crippen molar-refractivity contribution < 1.29 is 17.6 Å². The van der Waals surface area contributed by atoms with E-state index in [1.54, 1.807) is 16.9 Å². The average Bonchev–Trinajstić information content (AvgIpc) is 3.23. The summed E-state index contributed by atoms with van der Waals surface area (Å²) < 4.78 is 29.0. The third-order valence-corrected chi connectivity index (χ3v) is 9.72. The number of carbonyl (C=O) groups is 1. The summed E-state index contributed by atoms with van der Waals surface area (Å²) in [6.07, 6.45) is 4.67. The van der Waals surface area contributed by atoms with E-state index < -0.39 is 14.6 Å². The molecule has 0 spiro atoms. The smallest absolute Gasteiger partial charge is 0.287 e. The maximum absolute atomic E-state index is 12.8. The third-order valence-electron chi connectivity index (χ3n) is 7.44. The molecule has 0 aliphatic heterocycles. The van der Waals surface area contributed by atoms with E-state index in [-0.39, 0.29) is 22.6 Å². The number of rotatable bonds is 6. The second kappa shape index (κ2) is 6.48. The Labute approximate surface area is 196 Å². The summed E-state index contributed by atoms with van der Waals surface area (Å²) in [5, 5.41) is 13.1. The number of amides is 1. The van der Waals surface area contributed by atoms with E-state index in [0.717, 1.165) is 36.3 Å². The van der Waals surface area contributed by atoms with Gasteiger partial charge in [-0.1, -0.05) is 11.6 Å². The molecule has 0 unspecified atom stereocenters. The van der Waals surface area contributed by atoms with E-state index in [1.165, 1.54) is 6.26 Å². The van der Waals surface area contributed by atoms with Crippen molar-refractivity contribution in [3.8, 4) is 5.69 Å². The van der Waals surface area contributed by atoms with Gasteiger partial charge in [0.2, 0.25) is 0 Å². The van der Waals surface area contributed by atoms with Gasteiger partial charge in [0, 0.05) is 22.2 Å². The van der Waals surface area contributed by atoms with Crippen LogP contribution in [-0.2, 0) is 20.0 Å². The highest BCUT2D eigenvalue weighted by Crippen LogP contribution is 2.67. The molecule has 172 valence electrons. The van der Waals surface area contributed by atoms with Crippen LogP contribution in [0.1, 0.15) is 59.8 Å². The molecule has 0 radical (unpaired) electrons. The fourth-order valence-electron chi connectivity index (χ4n) is 5.65. The number of aromatic nitrogens is 3. The largest absolute Gasteiger partial charge is 0.454 e. The lowest BCUT2D eigenvalue weighted by Crippen LogP contribution is -2.77. The molecule has 1 N–H and O–H groups in total. The Morgan fingerprint density at radius 1 is 1.09 bits per heavy atom. The molecule has 2 bridgehead atoms. The Morgan fingerprint density at radius 3 is 2.36 bits per heavy atom. The van der Waals surface area contributed by atoms with E-state index in [4.69, 9.17) is 21.1 Å². The molecular weight excluding hydrogens is 464 g/mol. The minimum Gasteiger partial charge on any atom is -0.454 e. The quantitative estimate of drug-likeness (QED) is 0.571. The zero-order valence-electron chi connectivity index (χ0n) is 18.3. The fraction of sp³-hybridized carbons (Fsp3) is 0.435. The topological polar surface area (TPSA) is 107 Å². The Bertz CT molecular complexity index is 1380. The Morgan fingerprint density at radius 2 is 1.76 bits per heavy atom. The number of aryl methyl sites for hydroxylation is 1. The van der Waals surface area contributed by atoms with Gasteiger partial charge >= 0.3 is 0 Å². The van der Waals surface area contributed by atoms with Crippen molar-refractivity contribution in [3.63, 3.8) is 0 Å². The number of sulfone groups is 1. The van der Waals surface area contributed by atoms with Crippen LogP contribution in [0.3, 0.4) is 0 Å². The van der Waals surface area contributed by atoms with Crippen LogP contribution in [0.4, 0.5) is 0 Å². The van der Waals surface area contributed by atoms with Gasteiger partial charge in [0.05, 0.1) is 17.1 Å². The summed E-state index contributed by atoms with van der Waals surface area (Å²) in [5.41, 5.74) is 2.37. The molecule has 10 heteroatoms. The molecule has 4 aliphatic carbocycles. The first-order valence-corrected chi connectivity index (χ1v) is 13.1. The molecular formula is C23H23ClN4O4S. The number of furan rings is 1. The molecule has 4 aliphatic rings. The zero-order chi connectivity index (χ0) is 23.2. The molecule has 8 nitrogen and oxygen atoms in total. The lowest BCUT2D eigenvalue weighted by molar-refractivity contribution is -0.0843. The number of nitrogens with zero attached hydrogens (tertiary/aromatic N) is 3. The number of nitrogens with one attached hydrogen (secondary N) is 1. The van der Waals surface area contributed by atoms with Crippen molar-refractivity contribution in [1.29, 1.82) is 0 Å². The van der Waals surface area contributed by atoms with E-state index in [1.807, 2.05) is 31.2 Å². The van der Waals surface area contributed by atoms with Gasteiger partial charge in [-0.15, -0.1) is 0 Å². The number of hydrogen-bond donors (Lipinski definition) is 1. The minimum absolute atomic E-state index is 0.0648. The molecule has 3 aromatic rings. The van der Waals surface area contributed by atoms with Crippen LogP contribution in [0.25, 0.3) is 5.69 Å². The van der Waals surface area contributed by atoms with Gasteiger partial charge in [-0.05, 0) is 75.4 Å². The van der Waals surface area contributed by atoms with E-state index >= 15 is 0 Å². The summed E-state index contributed by atoms with van der Waals surface area (Å²) in [7, 11) is -3.29.